The Labute approximate surface area is 181 Å². The zero-order valence-corrected chi connectivity index (χ0v) is 17.0. The molecule has 0 spiro atoms. The number of hydrogen-bond acceptors (Lipinski definition) is 6. The molecule has 0 radical (unpaired) electrons. The summed E-state index contributed by atoms with van der Waals surface area (Å²) in [4.78, 5) is 18.6. The minimum Gasteiger partial charge on any atom is -0.406 e. The molecular formula is C21H20F3N5O3. The Kier molecular flexibility index (Phi) is 5.99. The number of ether oxygens (including phenoxy) is 1. The summed E-state index contributed by atoms with van der Waals surface area (Å²) in [7, 11) is 1.88. The van der Waals surface area contributed by atoms with Gasteiger partial charge in [-0.3, -0.25) is 4.90 Å². The SMILES string of the molecule is CN1C[C@@H](NC(=O)Nc2ccccc2)C[C@H]1c1nc(-c2ccc(OC(F)(F)F)cc2)no1. The van der Waals surface area contributed by atoms with Crippen LogP contribution in [-0.2, 0) is 0 Å². The number of nitrogens with one attached hydrogen (secondary N) is 2. The number of aromatic nitrogens is 2. The summed E-state index contributed by atoms with van der Waals surface area (Å²) in [6.07, 6.45) is -4.19. The summed E-state index contributed by atoms with van der Waals surface area (Å²) in [6.45, 7) is 0.591. The fraction of sp³-hybridized carbons (Fsp3) is 0.286. The quantitative estimate of drug-likeness (QED) is 0.609. The van der Waals surface area contributed by atoms with E-state index in [0.29, 0.717) is 30.1 Å². The molecular weight excluding hydrogens is 427 g/mol. The second-order valence-corrected chi connectivity index (χ2v) is 7.38. The highest BCUT2D eigenvalue weighted by atomic mass is 19.4. The number of carbonyl (C=O) groups is 1. The van der Waals surface area contributed by atoms with Gasteiger partial charge in [0.2, 0.25) is 11.7 Å². The van der Waals surface area contributed by atoms with Crippen LogP contribution in [0.5, 0.6) is 5.75 Å². The Morgan fingerprint density at radius 3 is 2.56 bits per heavy atom. The predicted octanol–water partition coefficient (Wildman–Crippen LogP) is 4.20. The van der Waals surface area contributed by atoms with Crippen LogP contribution in [-0.4, -0.2) is 47.1 Å². The Morgan fingerprint density at radius 2 is 1.88 bits per heavy atom. The number of urea groups is 1. The van der Waals surface area contributed by atoms with Crippen molar-refractivity contribution >= 4 is 11.7 Å². The first-order valence-electron chi connectivity index (χ1n) is 9.79. The lowest BCUT2D eigenvalue weighted by Crippen LogP contribution is -2.39. The van der Waals surface area contributed by atoms with E-state index in [4.69, 9.17) is 4.52 Å². The lowest BCUT2D eigenvalue weighted by atomic mass is 10.1. The minimum atomic E-state index is -4.75. The van der Waals surface area contributed by atoms with Crippen molar-refractivity contribution < 1.29 is 27.2 Å². The average Bonchev–Trinajstić information content (AvgIpc) is 3.34. The van der Waals surface area contributed by atoms with Crippen molar-refractivity contribution in [3.63, 3.8) is 0 Å². The summed E-state index contributed by atoms with van der Waals surface area (Å²) in [5.74, 6) is 0.291. The molecule has 11 heteroatoms. The zero-order valence-electron chi connectivity index (χ0n) is 17.0. The molecule has 0 saturated carbocycles. The molecule has 8 nitrogen and oxygen atoms in total. The largest absolute Gasteiger partial charge is 0.573 e. The predicted molar refractivity (Wildman–Crippen MR) is 109 cm³/mol. The Morgan fingerprint density at radius 1 is 1.16 bits per heavy atom. The number of benzene rings is 2. The monoisotopic (exact) mass is 447 g/mol. The van der Waals surface area contributed by atoms with Gasteiger partial charge in [0.1, 0.15) is 5.75 Å². The molecule has 1 aromatic heterocycles. The molecule has 0 aliphatic carbocycles. The van der Waals surface area contributed by atoms with Gasteiger partial charge in [-0.1, -0.05) is 23.4 Å². The van der Waals surface area contributed by atoms with Crippen LogP contribution in [0.3, 0.4) is 0 Å². The van der Waals surface area contributed by atoms with E-state index in [1.165, 1.54) is 24.3 Å². The van der Waals surface area contributed by atoms with Crippen LogP contribution in [0.15, 0.2) is 59.1 Å². The maximum Gasteiger partial charge on any atom is 0.573 e. The van der Waals surface area contributed by atoms with Crippen molar-refractivity contribution in [1.29, 1.82) is 0 Å². The van der Waals surface area contributed by atoms with Crippen LogP contribution in [0.4, 0.5) is 23.7 Å². The van der Waals surface area contributed by atoms with Crippen molar-refractivity contribution in [2.24, 2.45) is 0 Å². The highest BCUT2D eigenvalue weighted by Gasteiger charge is 2.35. The summed E-state index contributed by atoms with van der Waals surface area (Å²) in [5, 5.41) is 9.65. The van der Waals surface area contributed by atoms with Crippen molar-refractivity contribution in [3.8, 4) is 17.1 Å². The summed E-state index contributed by atoms with van der Waals surface area (Å²) < 4.78 is 46.2. The third-order valence-corrected chi connectivity index (χ3v) is 4.99. The van der Waals surface area contributed by atoms with E-state index in [2.05, 4.69) is 25.5 Å². The van der Waals surface area contributed by atoms with Crippen LogP contribution in [0.25, 0.3) is 11.4 Å². The Hall–Kier alpha value is -3.60. The number of rotatable bonds is 5. The number of nitrogens with zero attached hydrogens (tertiary/aromatic N) is 3. The molecule has 2 aromatic carbocycles. The van der Waals surface area contributed by atoms with Gasteiger partial charge in [0.05, 0.1) is 6.04 Å². The molecule has 2 atom stereocenters. The number of hydrogen-bond donors (Lipinski definition) is 2. The molecule has 2 amide bonds. The molecule has 4 rings (SSSR count). The first-order chi connectivity index (χ1) is 15.3. The molecule has 0 bridgehead atoms. The fourth-order valence-corrected chi connectivity index (χ4v) is 3.56. The molecule has 168 valence electrons. The van der Waals surface area contributed by atoms with E-state index in [1.54, 1.807) is 12.1 Å². The van der Waals surface area contributed by atoms with Crippen LogP contribution in [0, 0.1) is 0 Å². The van der Waals surface area contributed by atoms with Crippen molar-refractivity contribution in [2.75, 3.05) is 18.9 Å². The molecule has 1 fully saturated rings. The summed E-state index contributed by atoms with van der Waals surface area (Å²) >= 11 is 0. The van der Waals surface area contributed by atoms with Gasteiger partial charge in [-0.2, -0.15) is 4.98 Å². The number of carbonyl (C=O) groups excluding carboxylic acids is 1. The Bertz CT molecular complexity index is 1060. The van der Waals surface area contributed by atoms with E-state index in [0.717, 1.165) is 0 Å². The van der Waals surface area contributed by atoms with E-state index in [-0.39, 0.29) is 29.7 Å². The molecule has 1 aliphatic heterocycles. The minimum absolute atomic E-state index is 0.122. The number of alkyl halides is 3. The van der Waals surface area contributed by atoms with Gasteiger partial charge in [0, 0.05) is 23.8 Å². The van der Waals surface area contributed by atoms with Crippen LogP contribution in [0.2, 0.25) is 0 Å². The van der Waals surface area contributed by atoms with Crippen LogP contribution >= 0.6 is 0 Å². The molecule has 2 N–H and O–H groups in total. The third kappa shape index (κ3) is 5.35. The molecule has 0 unspecified atom stereocenters. The maximum atomic E-state index is 12.3. The maximum absolute atomic E-state index is 12.3. The third-order valence-electron chi connectivity index (χ3n) is 4.99. The number of anilines is 1. The highest BCUT2D eigenvalue weighted by Crippen LogP contribution is 2.31. The van der Waals surface area contributed by atoms with E-state index in [9.17, 15) is 18.0 Å². The van der Waals surface area contributed by atoms with Crippen LogP contribution in [0.1, 0.15) is 18.4 Å². The van der Waals surface area contributed by atoms with Gasteiger partial charge in [0.25, 0.3) is 0 Å². The standard InChI is InChI=1S/C21H20F3N5O3/c1-29-12-15(26-20(30)25-14-5-3-2-4-6-14)11-17(29)19-27-18(28-32-19)13-7-9-16(10-8-13)31-21(22,23)24/h2-10,15,17H,11-12H2,1H3,(H2,25,26,30)/t15-,17-/m0/s1. The van der Waals surface area contributed by atoms with E-state index < -0.39 is 6.36 Å². The highest BCUT2D eigenvalue weighted by molar-refractivity contribution is 5.89. The lowest BCUT2D eigenvalue weighted by Gasteiger charge is -2.14. The average molecular weight is 447 g/mol. The normalized spacial score (nSPS) is 19.0. The Balaban J connectivity index is 1.37. The van der Waals surface area contributed by atoms with Gasteiger partial charge < -0.3 is 19.9 Å². The topological polar surface area (TPSA) is 92.5 Å². The lowest BCUT2D eigenvalue weighted by molar-refractivity contribution is -0.274. The number of para-hydroxylation sites is 1. The zero-order chi connectivity index (χ0) is 22.7. The van der Waals surface area contributed by atoms with Crippen LogP contribution < -0.4 is 15.4 Å². The van der Waals surface area contributed by atoms with E-state index in [1.807, 2.05) is 30.1 Å². The first-order valence-corrected chi connectivity index (χ1v) is 9.79. The molecule has 1 aliphatic rings. The molecule has 32 heavy (non-hydrogen) atoms. The fourth-order valence-electron chi connectivity index (χ4n) is 3.56. The number of amides is 2. The number of halogens is 3. The number of likely N-dealkylation sites (tertiary alicyclic amines) is 1. The molecule has 2 heterocycles. The van der Waals surface area contributed by atoms with Gasteiger partial charge in [0.15, 0.2) is 0 Å². The smallest absolute Gasteiger partial charge is 0.406 e. The van der Waals surface area contributed by atoms with Crippen molar-refractivity contribution in [1.82, 2.24) is 20.4 Å². The van der Waals surface area contributed by atoms with Gasteiger partial charge >= 0.3 is 12.4 Å². The first kappa shape index (κ1) is 21.6. The van der Waals surface area contributed by atoms with Gasteiger partial charge in [-0.15, -0.1) is 13.2 Å². The summed E-state index contributed by atoms with van der Waals surface area (Å²) in [5.41, 5.74) is 1.19. The second kappa shape index (κ2) is 8.87. The second-order valence-electron chi connectivity index (χ2n) is 7.38. The molecule has 3 aromatic rings. The van der Waals surface area contributed by atoms with E-state index >= 15 is 0 Å². The number of likely N-dealkylation sites (N-methyl/N-ethyl adjacent to an activating group) is 1. The van der Waals surface area contributed by atoms with Gasteiger partial charge in [-0.25, -0.2) is 4.79 Å². The molecule has 1 saturated heterocycles. The van der Waals surface area contributed by atoms with Gasteiger partial charge in [-0.05, 0) is 49.9 Å². The van der Waals surface area contributed by atoms with Crippen molar-refractivity contribution in [2.45, 2.75) is 24.9 Å². The summed E-state index contributed by atoms with van der Waals surface area (Å²) in [6, 6.07) is 13.7. The van der Waals surface area contributed by atoms with Crippen molar-refractivity contribution in [3.05, 3.63) is 60.5 Å².